The Kier molecular flexibility index (Phi) is 119. The monoisotopic (exact) mass is 737 g/mol. The largest absolute Gasteiger partial charge is 0.393 e. The minimum atomic E-state index is -0.184. The molecule has 0 aliphatic heterocycles. The van der Waals surface area contributed by atoms with Gasteiger partial charge in [-0.15, -0.1) is 13.2 Å². The summed E-state index contributed by atoms with van der Waals surface area (Å²) in [6.07, 6.45) is 39.9. The molecule has 0 spiro atoms. The van der Waals surface area contributed by atoms with Crippen molar-refractivity contribution in [3.05, 3.63) is 86.1 Å². The molecule has 0 amide bonds. The van der Waals surface area contributed by atoms with E-state index >= 15 is 0 Å². The predicted octanol–water partition coefficient (Wildman–Crippen LogP) is 16.7. The third-order valence-corrected chi connectivity index (χ3v) is 5.56. The lowest BCUT2D eigenvalue weighted by Crippen LogP contribution is -1.97. The third-order valence-electron chi connectivity index (χ3n) is 5.56. The average Bonchev–Trinajstić information content (AvgIpc) is 3.10. The molecule has 2 atom stereocenters. The second kappa shape index (κ2) is 87.0. The molecule has 0 bridgehead atoms. The van der Waals surface area contributed by atoms with Crippen LogP contribution in [0.4, 0.5) is 0 Å². The van der Waals surface area contributed by atoms with E-state index in [1.54, 1.807) is 26.0 Å². The van der Waals surface area contributed by atoms with Gasteiger partial charge in [-0.2, -0.15) is 0 Å². The summed E-state index contributed by atoms with van der Waals surface area (Å²) in [6, 6.07) is 0. The molecule has 0 rings (SSSR count). The highest BCUT2D eigenvalue weighted by Gasteiger charge is 1.90. The Bertz CT molecular complexity index is 653. The fourth-order valence-electron chi connectivity index (χ4n) is 2.72. The fourth-order valence-corrected chi connectivity index (χ4v) is 2.72. The first-order valence-electron chi connectivity index (χ1n) is 20.7. The van der Waals surface area contributed by atoms with E-state index in [0.29, 0.717) is 5.78 Å². The van der Waals surface area contributed by atoms with Crippen LogP contribution in [0.25, 0.3) is 0 Å². The van der Waals surface area contributed by atoms with Crippen molar-refractivity contribution in [3.63, 3.8) is 0 Å². The van der Waals surface area contributed by atoms with Crippen LogP contribution in [0, 0.1) is 5.92 Å². The SMILES string of the molecule is C/C=C/C=C/C.C/C=C/CC(C)C.C/C=C/CC(C)O.C/C=C/CCC.C=CC.C=CC.CCCCC(C)=O.CCCCC(C)O.CCCCCC. The van der Waals surface area contributed by atoms with Crippen molar-refractivity contribution in [3.8, 4) is 0 Å². The number of carbonyl (C=O) groups excluding carboxylic acids is 1. The number of hydrogen-bond donors (Lipinski definition) is 2. The minimum absolute atomic E-state index is 0.0973. The van der Waals surface area contributed by atoms with Gasteiger partial charge in [-0.3, -0.25) is 0 Å². The first kappa shape index (κ1) is 71.2. The van der Waals surface area contributed by atoms with Crippen LogP contribution in [-0.2, 0) is 4.79 Å². The highest BCUT2D eigenvalue weighted by atomic mass is 16.3. The molecule has 0 aromatic heterocycles. The molecule has 52 heavy (non-hydrogen) atoms. The molecule has 314 valence electrons. The Morgan fingerprint density at radius 3 is 1.04 bits per heavy atom. The van der Waals surface area contributed by atoms with Gasteiger partial charge in [-0.25, -0.2) is 0 Å². The lowest BCUT2D eigenvalue weighted by atomic mass is 10.1. The van der Waals surface area contributed by atoms with Crippen molar-refractivity contribution in [2.24, 2.45) is 5.92 Å². The van der Waals surface area contributed by atoms with Gasteiger partial charge in [-0.1, -0.05) is 173 Å². The van der Waals surface area contributed by atoms with Crippen molar-refractivity contribution in [1.29, 1.82) is 0 Å². The molecule has 0 aromatic rings. The number of unbranched alkanes of at least 4 members (excludes halogenated alkanes) is 6. The third kappa shape index (κ3) is 202. The maximum atomic E-state index is 10.2. The van der Waals surface area contributed by atoms with E-state index in [-0.39, 0.29) is 12.2 Å². The Hall–Kier alpha value is -2.23. The number of allylic oxidation sites excluding steroid dienone is 11. The van der Waals surface area contributed by atoms with E-state index in [4.69, 9.17) is 10.2 Å². The van der Waals surface area contributed by atoms with Gasteiger partial charge in [0.15, 0.2) is 0 Å². The van der Waals surface area contributed by atoms with Crippen LogP contribution in [-0.4, -0.2) is 28.2 Å². The number of rotatable bonds is 16. The van der Waals surface area contributed by atoms with Crippen molar-refractivity contribution in [2.45, 2.75) is 220 Å². The van der Waals surface area contributed by atoms with Gasteiger partial charge in [0.25, 0.3) is 0 Å². The molecule has 0 aliphatic rings. The average molecular weight is 737 g/mol. The molecule has 0 radical (unpaired) electrons. The van der Waals surface area contributed by atoms with Crippen LogP contribution >= 0.6 is 0 Å². The summed E-state index contributed by atoms with van der Waals surface area (Å²) in [4.78, 5) is 10.2. The smallest absolute Gasteiger partial charge is 0.129 e. The summed E-state index contributed by atoms with van der Waals surface area (Å²) < 4.78 is 0. The number of hydrogen-bond acceptors (Lipinski definition) is 3. The van der Waals surface area contributed by atoms with Crippen LogP contribution in [0.3, 0.4) is 0 Å². The Morgan fingerprint density at radius 1 is 0.538 bits per heavy atom. The maximum Gasteiger partial charge on any atom is 0.129 e. The molecule has 2 N–H and O–H groups in total. The standard InChI is InChI=1S/C7H14.C6H14O.2C6H12O.C6H14.C6H12.C6H10.2C3H6/c1-4-5-6-7(2)3;3*1-3-4-5-6(2)7;3*1-3-5-6-4-2;2*1-3-2/h4-5,7H,6H2,1-3H3;6-7H,3-5H2,1-2H3;3-5H2,1-2H3;3-4,6-7H,5H2,1-2H3;3-6H2,1-2H3;3,5H,4,6H2,1-2H3;3-6H,1-2H3;2*3H,1H2,2H3/b5-4+;;;4-3+;;5-3+;5-3+,6-4+;;. The second-order valence-electron chi connectivity index (χ2n) is 12.6. The van der Waals surface area contributed by atoms with E-state index in [0.717, 1.165) is 44.4 Å². The van der Waals surface area contributed by atoms with Gasteiger partial charge < -0.3 is 15.0 Å². The van der Waals surface area contributed by atoms with Crippen LogP contribution in [0.1, 0.15) is 208 Å². The summed E-state index contributed by atoms with van der Waals surface area (Å²) in [5.41, 5.74) is 0. The van der Waals surface area contributed by atoms with Crippen molar-refractivity contribution in [1.82, 2.24) is 0 Å². The number of carbonyl (C=O) groups is 1. The first-order chi connectivity index (χ1) is 24.7. The van der Waals surface area contributed by atoms with Crippen LogP contribution in [0.2, 0.25) is 0 Å². The van der Waals surface area contributed by atoms with Gasteiger partial charge >= 0.3 is 0 Å². The van der Waals surface area contributed by atoms with E-state index in [1.807, 2.05) is 78.0 Å². The first-order valence-corrected chi connectivity index (χ1v) is 20.7. The quantitative estimate of drug-likeness (QED) is 0.0942. The molecule has 0 fully saturated rings. The lowest BCUT2D eigenvalue weighted by molar-refractivity contribution is -0.117. The molecule has 2 unspecified atom stereocenters. The fraction of sp³-hybridized carbons (Fsp3) is 0.694. The Labute approximate surface area is 331 Å². The van der Waals surface area contributed by atoms with Crippen LogP contribution < -0.4 is 0 Å². The van der Waals surface area contributed by atoms with Gasteiger partial charge in [0, 0.05) is 6.42 Å². The molecular weight excluding hydrogens is 637 g/mol. The molecule has 0 heterocycles. The van der Waals surface area contributed by atoms with E-state index in [9.17, 15) is 4.79 Å². The predicted molar refractivity (Wildman–Crippen MR) is 248 cm³/mol. The molecule has 0 aliphatic carbocycles. The summed E-state index contributed by atoms with van der Waals surface area (Å²) in [7, 11) is 0. The highest BCUT2D eigenvalue weighted by Crippen LogP contribution is 1.99. The summed E-state index contributed by atoms with van der Waals surface area (Å²) in [6.45, 7) is 41.1. The number of aliphatic hydroxyl groups excluding tert-OH is 2. The maximum absolute atomic E-state index is 10.2. The summed E-state index contributed by atoms with van der Waals surface area (Å²) in [5.74, 6) is 1.12. The minimum Gasteiger partial charge on any atom is -0.393 e. The summed E-state index contributed by atoms with van der Waals surface area (Å²) in [5, 5.41) is 17.3. The molecule has 0 saturated heterocycles. The zero-order valence-corrected chi connectivity index (χ0v) is 38.8. The zero-order chi connectivity index (χ0) is 42.7. The molecule has 3 heteroatoms. The van der Waals surface area contributed by atoms with Crippen molar-refractivity contribution in [2.75, 3.05) is 0 Å². The van der Waals surface area contributed by atoms with Crippen LogP contribution in [0.5, 0.6) is 0 Å². The number of aliphatic hydroxyl groups is 2. The second-order valence-corrected chi connectivity index (χ2v) is 12.6. The zero-order valence-electron chi connectivity index (χ0n) is 38.8. The van der Waals surface area contributed by atoms with E-state index in [1.165, 1.54) is 51.4 Å². The van der Waals surface area contributed by atoms with Gasteiger partial charge in [0.1, 0.15) is 5.78 Å². The van der Waals surface area contributed by atoms with Gasteiger partial charge in [0.2, 0.25) is 0 Å². The van der Waals surface area contributed by atoms with Crippen molar-refractivity contribution >= 4 is 5.78 Å². The van der Waals surface area contributed by atoms with E-state index in [2.05, 4.69) is 99.8 Å². The van der Waals surface area contributed by atoms with Crippen LogP contribution in [0.15, 0.2) is 86.1 Å². The topological polar surface area (TPSA) is 57.5 Å². The number of Topliss-reactive ketones (excluding diaryl/α,β-unsaturated/α-hetero) is 1. The van der Waals surface area contributed by atoms with Crippen molar-refractivity contribution < 1.29 is 15.0 Å². The highest BCUT2D eigenvalue weighted by molar-refractivity contribution is 5.75. The summed E-state index contributed by atoms with van der Waals surface area (Å²) >= 11 is 0. The van der Waals surface area contributed by atoms with E-state index < -0.39 is 0 Å². The molecular formula is C49H100O3. The molecule has 0 saturated carbocycles. The van der Waals surface area contributed by atoms with Gasteiger partial charge in [-0.05, 0) is 107 Å². The normalized spacial score (nSPS) is 10.8. The molecule has 3 nitrogen and oxygen atoms in total. The number of ketones is 1. The Balaban J connectivity index is -0.0000000578. The molecule has 0 aromatic carbocycles. The van der Waals surface area contributed by atoms with Gasteiger partial charge in [0.05, 0.1) is 12.2 Å². The Morgan fingerprint density at radius 2 is 0.904 bits per heavy atom. The lowest BCUT2D eigenvalue weighted by Gasteiger charge is -1.98.